The molecule has 0 aliphatic rings. The number of aromatic amines is 2. The SMILES string of the molecule is CCn1[nH]c(=O)[nH]c1=O.[Na]. The zero-order chi connectivity index (χ0) is 6.85. The van der Waals surface area contributed by atoms with Crippen LogP contribution >= 0.6 is 0 Å². The Hall–Kier alpha value is -0.260. The molecule has 0 bridgehead atoms. The fraction of sp³-hybridized carbons (Fsp3) is 0.500. The van der Waals surface area contributed by atoms with Crippen molar-refractivity contribution in [3.63, 3.8) is 0 Å². The summed E-state index contributed by atoms with van der Waals surface area (Å²) in [6, 6.07) is 0. The third-order valence-corrected chi connectivity index (χ3v) is 1.02. The van der Waals surface area contributed by atoms with Crippen molar-refractivity contribution >= 4 is 29.6 Å². The van der Waals surface area contributed by atoms with Crippen LogP contribution in [0.1, 0.15) is 6.92 Å². The second-order valence-corrected chi connectivity index (χ2v) is 1.62. The van der Waals surface area contributed by atoms with E-state index in [0.717, 1.165) is 0 Å². The fourth-order valence-corrected chi connectivity index (χ4v) is 0.589. The van der Waals surface area contributed by atoms with Gasteiger partial charge in [-0.3, -0.25) is 4.98 Å². The Bertz CT molecular complexity index is 296. The zero-order valence-corrected chi connectivity index (χ0v) is 7.97. The summed E-state index contributed by atoms with van der Waals surface area (Å²) < 4.78 is 1.20. The zero-order valence-electron chi connectivity index (χ0n) is 5.97. The normalized spacial score (nSPS) is 8.90. The molecule has 10 heavy (non-hydrogen) atoms. The van der Waals surface area contributed by atoms with E-state index >= 15 is 0 Å². The maximum atomic E-state index is 10.5. The van der Waals surface area contributed by atoms with Gasteiger partial charge in [-0.15, -0.1) is 0 Å². The van der Waals surface area contributed by atoms with Crippen molar-refractivity contribution in [3.05, 3.63) is 21.0 Å². The molecule has 1 aromatic rings. The van der Waals surface area contributed by atoms with Crippen LogP contribution in [-0.2, 0) is 6.54 Å². The van der Waals surface area contributed by atoms with Gasteiger partial charge in [-0.05, 0) is 6.92 Å². The van der Waals surface area contributed by atoms with Gasteiger partial charge in [0.25, 0.3) is 0 Å². The first-order valence-electron chi connectivity index (χ1n) is 2.63. The van der Waals surface area contributed by atoms with Gasteiger partial charge in [-0.1, -0.05) is 0 Å². The van der Waals surface area contributed by atoms with Crippen LogP contribution in [0.5, 0.6) is 0 Å². The predicted molar refractivity (Wildman–Crippen MR) is 37.1 cm³/mol. The average molecular weight is 152 g/mol. The molecule has 0 aliphatic carbocycles. The molecule has 5 nitrogen and oxygen atoms in total. The molecule has 6 heteroatoms. The molecule has 0 aliphatic heterocycles. The first kappa shape index (κ1) is 9.74. The summed E-state index contributed by atoms with van der Waals surface area (Å²) in [4.78, 5) is 22.9. The Balaban J connectivity index is 0.000000810. The maximum absolute atomic E-state index is 10.5. The minimum absolute atomic E-state index is 0. The first-order chi connectivity index (χ1) is 4.24. The molecule has 0 atom stereocenters. The van der Waals surface area contributed by atoms with Gasteiger partial charge in [0.05, 0.1) is 0 Å². The Morgan fingerprint density at radius 1 is 1.50 bits per heavy atom. The van der Waals surface area contributed by atoms with E-state index < -0.39 is 5.69 Å². The summed E-state index contributed by atoms with van der Waals surface area (Å²) in [5.41, 5.74) is -0.843. The van der Waals surface area contributed by atoms with Crippen molar-refractivity contribution in [1.29, 1.82) is 0 Å². The molecule has 0 aromatic carbocycles. The van der Waals surface area contributed by atoms with Gasteiger partial charge in [0.1, 0.15) is 0 Å². The molecule has 1 heterocycles. The van der Waals surface area contributed by atoms with Crippen LogP contribution in [-0.4, -0.2) is 44.3 Å². The standard InChI is InChI=1S/C4H7N3O2.Na/c1-2-7-4(9)5-3(8)6-7;/h2H2,1H3,(H2,5,6,8,9);. The quantitative estimate of drug-likeness (QED) is 0.481. The molecular formula is C4H7N3NaO2. The minimum Gasteiger partial charge on any atom is -0.257 e. The fourth-order valence-electron chi connectivity index (χ4n) is 0.589. The Morgan fingerprint density at radius 3 is 2.30 bits per heavy atom. The number of hydrogen-bond acceptors (Lipinski definition) is 2. The third-order valence-electron chi connectivity index (χ3n) is 1.02. The summed E-state index contributed by atoms with van der Waals surface area (Å²) in [7, 11) is 0. The van der Waals surface area contributed by atoms with Crippen LogP contribution in [0.2, 0.25) is 0 Å². The summed E-state index contributed by atoms with van der Waals surface area (Å²) in [5.74, 6) is 0. The molecule has 0 spiro atoms. The van der Waals surface area contributed by atoms with Gasteiger partial charge in [-0.25, -0.2) is 19.4 Å². The Kier molecular flexibility index (Phi) is 3.70. The first-order valence-corrected chi connectivity index (χ1v) is 2.63. The van der Waals surface area contributed by atoms with E-state index in [0.29, 0.717) is 6.54 Å². The van der Waals surface area contributed by atoms with E-state index in [2.05, 4.69) is 10.1 Å². The number of nitrogens with one attached hydrogen (secondary N) is 2. The van der Waals surface area contributed by atoms with Gasteiger partial charge in [-0.2, -0.15) is 0 Å². The molecule has 1 radical (unpaired) electrons. The molecule has 1 rings (SSSR count). The van der Waals surface area contributed by atoms with Crippen LogP contribution in [0.4, 0.5) is 0 Å². The van der Waals surface area contributed by atoms with Crippen molar-refractivity contribution in [3.8, 4) is 0 Å². The van der Waals surface area contributed by atoms with Crippen molar-refractivity contribution in [1.82, 2.24) is 14.8 Å². The van der Waals surface area contributed by atoms with Gasteiger partial charge in [0.15, 0.2) is 0 Å². The summed E-state index contributed by atoms with van der Waals surface area (Å²) in [5, 5.41) is 2.29. The van der Waals surface area contributed by atoms with Gasteiger partial charge >= 0.3 is 11.4 Å². The molecule has 0 fully saturated rings. The van der Waals surface area contributed by atoms with Crippen LogP contribution in [0.3, 0.4) is 0 Å². The molecule has 1 aromatic heterocycles. The summed E-state index contributed by atoms with van der Waals surface area (Å²) in [6.45, 7) is 2.25. The van der Waals surface area contributed by atoms with Crippen LogP contribution < -0.4 is 11.4 Å². The maximum Gasteiger partial charge on any atom is 0.344 e. The van der Waals surface area contributed by atoms with Gasteiger partial charge in [0.2, 0.25) is 0 Å². The number of H-pyrrole nitrogens is 2. The summed E-state index contributed by atoms with van der Waals surface area (Å²) in [6.07, 6.45) is 0. The van der Waals surface area contributed by atoms with Crippen LogP contribution in [0.25, 0.3) is 0 Å². The van der Waals surface area contributed by atoms with Crippen molar-refractivity contribution in [2.24, 2.45) is 0 Å². The van der Waals surface area contributed by atoms with E-state index in [1.54, 1.807) is 6.92 Å². The monoisotopic (exact) mass is 152 g/mol. The van der Waals surface area contributed by atoms with Gasteiger partial charge in [0, 0.05) is 36.1 Å². The van der Waals surface area contributed by atoms with E-state index in [1.807, 2.05) is 0 Å². The average Bonchev–Trinajstić information content (AvgIpc) is 2.10. The molecule has 51 valence electrons. The van der Waals surface area contributed by atoms with E-state index in [-0.39, 0.29) is 35.2 Å². The number of aromatic nitrogens is 3. The molecule has 2 N–H and O–H groups in total. The molecule has 0 unspecified atom stereocenters. The number of hydrogen-bond donors (Lipinski definition) is 2. The Morgan fingerprint density at radius 2 is 2.10 bits per heavy atom. The summed E-state index contributed by atoms with van der Waals surface area (Å²) >= 11 is 0. The smallest absolute Gasteiger partial charge is 0.257 e. The predicted octanol–water partition coefficient (Wildman–Crippen LogP) is -1.50. The molecule has 0 saturated carbocycles. The van der Waals surface area contributed by atoms with Crippen molar-refractivity contribution in [2.45, 2.75) is 13.5 Å². The van der Waals surface area contributed by atoms with E-state index in [4.69, 9.17) is 0 Å². The molecular weight excluding hydrogens is 145 g/mol. The van der Waals surface area contributed by atoms with Crippen molar-refractivity contribution < 1.29 is 0 Å². The van der Waals surface area contributed by atoms with Crippen molar-refractivity contribution in [2.75, 3.05) is 0 Å². The third kappa shape index (κ3) is 1.86. The van der Waals surface area contributed by atoms with E-state index in [1.165, 1.54) is 4.68 Å². The van der Waals surface area contributed by atoms with Crippen LogP contribution in [0, 0.1) is 0 Å². The Labute approximate surface area is 78.7 Å². The van der Waals surface area contributed by atoms with E-state index in [9.17, 15) is 9.59 Å². The number of nitrogens with zero attached hydrogens (tertiary/aromatic N) is 1. The molecule has 0 saturated heterocycles. The number of rotatable bonds is 1. The largest absolute Gasteiger partial charge is 0.344 e. The number of aryl methyl sites for hydroxylation is 1. The minimum atomic E-state index is -0.457. The topological polar surface area (TPSA) is 70.7 Å². The second kappa shape index (κ2) is 3.80. The molecule has 0 amide bonds. The second-order valence-electron chi connectivity index (χ2n) is 1.62. The van der Waals surface area contributed by atoms with Crippen LogP contribution in [0.15, 0.2) is 9.59 Å². The van der Waals surface area contributed by atoms with Gasteiger partial charge < -0.3 is 0 Å².